The highest BCUT2D eigenvalue weighted by molar-refractivity contribution is 7.10. The third-order valence-electron chi connectivity index (χ3n) is 3.87. The SMILES string of the molecule is CN(C)Cc1noc2c1CC(NC(=O)Cc1cccs1)CC2. The molecule has 0 fully saturated rings. The normalized spacial score (nSPS) is 17.5. The lowest BCUT2D eigenvalue weighted by Gasteiger charge is -2.23. The Hall–Kier alpha value is -1.66. The standard InChI is InChI=1S/C16H21N3O2S/c1-19(2)10-14-13-8-11(5-6-15(13)21-18-14)17-16(20)9-12-4-3-7-22-12/h3-4,7,11H,5-6,8-10H2,1-2H3,(H,17,20). The van der Waals surface area contributed by atoms with E-state index >= 15 is 0 Å². The van der Waals surface area contributed by atoms with Gasteiger partial charge in [-0.2, -0.15) is 0 Å². The summed E-state index contributed by atoms with van der Waals surface area (Å²) in [5.74, 6) is 1.09. The molecule has 0 radical (unpaired) electrons. The number of fused-ring (bicyclic) bond motifs is 1. The highest BCUT2D eigenvalue weighted by Gasteiger charge is 2.26. The number of aryl methyl sites for hydroxylation is 1. The van der Waals surface area contributed by atoms with E-state index in [9.17, 15) is 4.79 Å². The van der Waals surface area contributed by atoms with Gasteiger partial charge in [-0.25, -0.2) is 0 Å². The van der Waals surface area contributed by atoms with Crippen LogP contribution in [0.15, 0.2) is 22.0 Å². The molecule has 0 bridgehead atoms. The van der Waals surface area contributed by atoms with Crippen molar-refractivity contribution in [2.75, 3.05) is 14.1 Å². The predicted molar refractivity (Wildman–Crippen MR) is 85.9 cm³/mol. The first-order valence-corrected chi connectivity index (χ1v) is 8.42. The van der Waals surface area contributed by atoms with Crippen LogP contribution in [0.3, 0.4) is 0 Å². The van der Waals surface area contributed by atoms with Gasteiger partial charge in [0.05, 0.1) is 6.42 Å². The Balaban J connectivity index is 1.61. The van der Waals surface area contributed by atoms with Gasteiger partial charge in [0, 0.05) is 29.4 Å². The fourth-order valence-electron chi connectivity index (χ4n) is 2.86. The average Bonchev–Trinajstić information content (AvgIpc) is 3.09. The minimum atomic E-state index is 0.0986. The van der Waals surface area contributed by atoms with Crippen molar-refractivity contribution in [2.45, 2.75) is 38.3 Å². The molecule has 0 aliphatic heterocycles. The lowest BCUT2D eigenvalue weighted by Crippen LogP contribution is -2.39. The highest BCUT2D eigenvalue weighted by atomic mass is 32.1. The number of amides is 1. The molecule has 1 aliphatic rings. The molecule has 3 rings (SSSR count). The van der Waals surface area contributed by atoms with Gasteiger partial charge in [-0.05, 0) is 38.4 Å². The van der Waals surface area contributed by atoms with E-state index in [4.69, 9.17) is 4.52 Å². The first kappa shape index (κ1) is 15.2. The number of hydrogen-bond donors (Lipinski definition) is 1. The number of nitrogens with zero attached hydrogens (tertiary/aromatic N) is 2. The van der Waals surface area contributed by atoms with E-state index in [1.807, 2.05) is 31.6 Å². The van der Waals surface area contributed by atoms with Crippen LogP contribution in [-0.2, 0) is 30.6 Å². The van der Waals surface area contributed by atoms with Crippen molar-refractivity contribution in [3.05, 3.63) is 39.4 Å². The van der Waals surface area contributed by atoms with E-state index in [1.165, 1.54) is 5.56 Å². The second kappa shape index (κ2) is 6.62. The lowest BCUT2D eigenvalue weighted by molar-refractivity contribution is -0.121. The Morgan fingerprint density at radius 3 is 3.14 bits per heavy atom. The van der Waals surface area contributed by atoms with E-state index in [2.05, 4.69) is 15.4 Å². The monoisotopic (exact) mass is 319 g/mol. The Bertz CT molecular complexity index is 634. The molecule has 1 N–H and O–H groups in total. The quantitative estimate of drug-likeness (QED) is 0.916. The Morgan fingerprint density at radius 1 is 1.55 bits per heavy atom. The van der Waals surface area contributed by atoms with Crippen LogP contribution >= 0.6 is 11.3 Å². The van der Waals surface area contributed by atoms with Crippen LogP contribution in [0.1, 0.15) is 28.3 Å². The summed E-state index contributed by atoms with van der Waals surface area (Å²) in [6, 6.07) is 4.16. The summed E-state index contributed by atoms with van der Waals surface area (Å²) in [5, 5.41) is 9.34. The fourth-order valence-corrected chi connectivity index (χ4v) is 3.56. The van der Waals surface area contributed by atoms with Crippen LogP contribution < -0.4 is 5.32 Å². The molecular formula is C16H21N3O2S. The maximum absolute atomic E-state index is 12.1. The van der Waals surface area contributed by atoms with Gasteiger partial charge in [0.2, 0.25) is 5.91 Å². The van der Waals surface area contributed by atoms with Crippen LogP contribution in [0, 0.1) is 0 Å². The van der Waals surface area contributed by atoms with Gasteiger partial charge in [-0.3, -0.25) is 4.79 Å². The number of thiophene rings is 1. The number of hydrogen-bond acceptors (Lipinski definition) is 5. The van der Waals surface area contributed by atoms with Gasteiger partial charge < -0.3 is 14.7 Å². The summed E-state index contributed by atoms with van der Waals surface area (Å²) in [6.07, 6.45) is 3.05. The van der Waals surface area contributed by atoms with Gasteiger partial charge in [0.25, 0.3) is 0 Å². The molecule has 1 unspecified atom stereocenters. The van der Waals surface area contributed by atoms with Gasteiger partial charge >= 0.3 is 0 Å². The topological polar surface area (TPSA) is 58.4 Å². The third kappa shape index (κ3) is 3.56. The fraction of sp³-hybridized carbons (Fsp3) is 0.500. The minimum Gasteiger partial charge on any atom is -0.361 e. The maximum atomic E-state index is 12.1. The maximum Gasteiger partial charge on any atom is 0.225 e. The summed E-state index contributed by atoms with van der Waals surface area (Å²) in [5.41, 5.74) is 2.18. The summed E-state index contributed by atoms with van der Waals surface area (Å²) in [4.78, 5) is 15.3. The molecule has 22 heavy (non-hydrogen) atoms. The first-order valence-electron chi connectivity index (χ1n) is 7.54. The van der Waals surface area contributed by atoms with E-state index in [0.29, 0.717) is 6.42 Å². The van der Waals surface area contributed by atoms with Crippen molar-refractivity contribution >= 4 is 17.2 Å². The van der Waals surface area contributed by atoms with Crippen molar-refractivity contribution in [3.8, 4) is 0 Å². The molecule has 2 aromatic rings. The van der Waals surface area contributed by atoms with Crippen LogP contribution in [0.25, 0.3) is 0 Å². The summed E-state index contributed by atoms with van der Waals surface area (Å²) in [6.45, 7) is 0.773. The molecule has 2 heterocycles. The van der Waals surface area contributed by atoms with E-state index in [0.717, 1.165) is 42.1 Å². The molecule has 0 saturated heterocycles. The molecule has 0 spiro atoms. The predicted octanol–water partition coefficient (Wildman–Crippen LogP) is 2.01. The molecule has 1 amide bonds. The Morgan fingerprint density at radius 2 is 2.41 bits per heavy atom. The van der Waals surface area contributed by atoms with Crippen LogP contribution in [0.5, 0.6) is 0 Å². The number of aromatic nitrogens is 1. The molecule has 0 aromatic carbocycles. The Kier molecular flexibility index (Phi) is 4.59. The number of carbonyl (C=O) groups is 1. The summed E-state index contributed by atoms with van der Waals surface area (Å²) >= 11 is 1.62. The molecular weight excluding hydrogens is 298 g/mol. The van der Waals surface area contributed by atoms with Crippen LogP contribution in [0.2, 0.25) is 0 Å². The van der Waals surface area contributed by atoms with Gasteiger partial charge in [-0.1, -0.05) is 11.2 Å². The van der Waals surface area contributed by atoms with Crippen molar-refractivity contribution in [2.24, 2.45) is 0 Å². The van der Waals surface area contributed by atoms with Crippen LogP contribution in [-0.4, -0.2) is 36.1 Å². The van der Waals surface area contributed by atoms with Gasteiger partial charge in [-0.15, -0.1) is 11.3 Å². The smallest absolute Gasteiger partial charge is 0.225 e. The molecule has 1 aliphatic carbocycles. The molecule has 6 heteroatoms. The number of carbonyl (C=O) groups excluding carboxylic acids is 1. The molecule has 1 atom stereocenters. The van der Waals surface area contributed by atoms with Crippen molar-refractivity contribution < 1.29 is 9.32 Å². The largest absolute Gasteiger partial charge is 0.361 e. The van der Waals surface area contributed by atoms with E-state index < -0.39 is 0 Å². The molecule has 118 valence electrons. The zero-order valence-corrected chi connectivity index (χ0v) is 13.8. The Labute approximate surface area is 134 Å². The molecule has 0 saturated carbocycles. The summed E-state index contributed by atoms with van der Waals surface area (Å²) < 4.78 is 5.44. The first-order chi connectivity index (χ1) is 10.6. The van der Waals surface area contributed by atoms with Crippen LogP contribution in [0.4, 0.5) is 0 Å². The van der Waals surface area contributed by atoms with E-state index in [1.54, 1.807) is 11.3 Å². The highest BCUT2D eigenvalue weighted by Crippen LogP contribution is 2.25. The zero-order chi connectivity index (χ0) is 15.5. The third-order valence-corrected chi connectivity index (χ3v) is 4.74. The molecule has 5 nitrogen and oxygen atoms in total. The lowest BCUT2D eigenvalue weighted by atomic mass is 9.92. The number of rotatable bonds is 5. The summed E-state index contributed by atoms with van der Waals surface area (Å²) in [7, 11) is 4.04. The van der Waals surface area contributed by atoms with Crippen molar-refractivity contribution in [1.82, 2.24) is 15.4 Å². The second-order valence-corrected chi connectivity index (χ2v) is 7.06. The average molecular weight is 319 g/mol. The molecule has 2 aromatic heterocycles. The van der Waals surface area contributed by atoms with Crippen molar-refractivity contribution in [1.29, 1.82) is 0 Å². The second-order valence-electron chi connectivity index (χ2n) is 6.03. The van der Waals surface area contributed by atoms with Crippen molar-refractivity contribution in [3.63, 3.8) is 0 Å². The van der Waals surface area contributed by atoms with E-state index in [-0.39, 0.29) is 11.9 Å². The minimum absolute atomic E-state index is 0.0986. The number of nitrogens with one attached hydrogen (secondary N) is 1. The van der Waals surface area contributed by atoms with Gasteiger partial charge in [0.15, 0.2) is 0 Å². The van der Waals surface area contributed by atoms with Gasteiger partial charge in [0.1, 0.15) is 11.5 Å². The zero-order valence-electron chi connectivity index (χ0n) is 13.0.